The van der Waals surface area contributed by atoms with Crippen molar-refractivity contribution in [3.63, 3.8) is 0 Å². The minimum atomic E-state index is -0.292. The smallest absolute Gasteiger partial charge is 0.165 e. The molecular formula is C21H25FN2O2. The lowest BCUT2D eigenvalue weighted by molar-refractivity contribution is -0.117. The summed E-state index contributed by atoms with van der Waals surface area (Å²) in [5.74, 6) is 1.32. The quantitative estimate of drug-likeness (QED) is 0.775. The van der Waals surface area contributed by atoms with Crippen LogP contribution in [-0.4, -0.2) is 30.0 Å². The Labute approximate surface area is 154 Å². The largest absolute Gasteiger partial charge is 0.489 e. The van der Waals surface area contributed by atoms with Crippen molar-refractivity contribution in [1.29, 1.82) is 0 Å². The zero-order valence-electron chi connectivity index (χ0n) is 15.5. The standard InChI is InChI=1S/C21H25FN2O2/c1-14(12-16(3)25)17-5-7-18(8-6-17)26-19-10-11-24(13-19)21-20(22)9-4-15(2)23-21/h4-9,14,19H,10-13H2,1-3H3/t14-,19?/m1/s1. The van der Waals surface area contributed by atoms with Gasteiger partial charge >= 0.3 is 0 Å². The summed E-state index contributed by atoms with van der Waals surface area (Å²) in [7, 11) is 0. The van der Waals surface area contributed by atoms with Crippen LogP contribution in [0.1, 0.15) is 43.9 Å². The molecule has 0 bridgehead atoms. The van der Waals surface area contributed by atoms with Crippen LogP contribution in [-0.2, 0) is 4.79 Å². The third-order valence-electron chi connectivity index (χ3n) is 4.76. The Balaban J connectivity index is 1.60. The van der Waals surface area contributed by atoms with Crippen LogP contribution >= 0.6 is 0 Å². The molecule has 1 fully saturated rings. The number of rotatable bonds is 6. The van der Waals surface area contributed by atoms with E-state index in [1.54, 1.807) is 13.0 Å². The van der Waals surface area contributed by atoms with Crippen LogP contribution in [0.25, 0.3) is 0 Å². The SMILES string of the molecule is CC(=O)C[C@@H](C)c1ccc(OC2CCN(c3nc(C)ccc3F)C2)cc1. The molecule has 1 saturated heterocycles. The van der Waals surface area contributed by atoms with E-state index in [1.807, 2.05) is 36.1 Å². The fourth-order valence-electron chi connectivity index (χ4n) is 3.38. The lowest BCUT2D eigenvalue weighted by Crippen LogP contribution is -2.26. The van der Waals surface area contributed by atoms with Gasteiger partial charge in [-0.3, -0.25) is 0 Å². The summed E-state index contributed by atoms with van der Waals surface area (Å²) >= 11 is 0. The Hall–Kier alpha value is -2.43. The average molecular weight is 356 g/mol. The number of hydrogen-bond donors (Lipinski definition) is 0. The topological polar surface area (TPSA) is 42.4 Å². The molecular weight excluding hydrogens is 331 g/mol. The molecule has 0 amide bonds. The number of nitrogens with zero attached hydrogens (tertiary/aromatic N) is 2. The number of benzene rings is 1. The molecule has 1 aliphatic heterocycles. The van der Waals surface area contributed by atoms with E-state index < -0.39 is 0 Å². The number of aryl methyl sites for hydroxylation is 1. The second-order valence-corrected chi connectivity index (χ2v) is 7.11. The molecule has 0 N–H and O–H groups in total. The number of hydrogen-bond acceptors (Lipinski definition) is 4. The second-order valence-electron chi connectivity index (χ2n) is 7.11. The summed E-state index contributed by atoms with van der Waals surface area (Å²) < 4.78 is 20.1. The third kappa shape index (κ3) is 4.40. The number of ether oxygens (including phenoxy) is 1. The number of Topliss-reactive ketones (excluding diaryl/α,β-unsaturated/α-hetero) is 1. The number of carbonyl (C=O) groups is 1. The van der Waals surface area contributed by atoms with Gasteiger partial charge in [0.2, 0.25) is 0 Å². The maximum Gasteiger partial charge on any atom is 0.165 e. The van der Waals surface area contributed by atoms with Crippen molar-refractivity contribution >= 4 is 11.6 Å². The van der Waals surface area contributed by atoms with E-state index >= 15 is 0 Å². The molecule has 2 heterocycles. The number of carbonyl (C=O) groups excluding carboxylic acids is 1. The lowest BCUT2D eigenvalue weighted by Gasteiger charge is -2.19. The van der Waals surface area contributed by atoms with Gasteiger partial charge < -0.3 is 14.4 Å². The van der Waals surface area contributed by atoms with Crippen molar-refractivity contribution in [3.05, 3.63) is 53.5 Å². The van der Waals surface area contributed by atoms with Crippen molar-refractivity contribution in [2.45, 2.75) is 45.6 Å². The minimum absolute atomic E-state index is 0.0113. The molecule has 0 saturated carbocycles. The van der Waals surface area contributed by atoms with Crippen LogP contribution in [0.3, 0.4) is 0 Å². The summed E-state index contributed by atoms with van der Waals surface area (Å²) in [6.45, 7) is 6.88. The van der Waals surface area contributed by atoms with Crippen molar-refractivity contribution < 1.29 is 13.9 Å². The Kier molecular flexibility index (Phi) is 5.55. The maximum absolute atomic E-state index is 14.0. The predicted octanol–water partition coefficient (Wildman–Crippen LogP) is 4.27. The highest BCUT2D eigenvalue weighted by atomic mass is 19.1. The number of halogens is 1. The van der Waals surface area contributed by atoms with Gasteiger partial charge in [-0.15, -0.1) is 0 Å². The fraction of sp³-hybridized carbons (Fsp3) is 0.429. The number of pyridine rings is 1. The summed E-state index contributed by atoms with van der Waals surface area (Å²) in [6, 6.07) is 11.1. The normalized spacial score (nSPS) is 18.0. The summed E-state index contributed by atoms with van der Waals surface area (Å²) in [5, 5.41) is 0. The molecule has 2 atom stereocenters. The highest BCUT2D eigenvalue weighted by molar-refractivity contribution is 5.76. The van der Waals surface area contributed by atoms with E-state index in [1.165, 1.54) is 6.07 Å². The monoisotopic (exact) mass is 356 g/mol. The molecule has 4 nitrogen and oxygen atoms in total. The van der Waals surface area contributed by atoms with Crippen molar-refractivity contribution in [2.24, 2.45) is 0 Å². The van der Waals surface area contributed by atoms with Gasteiger partial charge in [-0.05, 0) is 49.6 Å². The first-order valence-corrected chi connectivity index (χ1v) is 9.06. The van der Waals surface area contributed by atoms with E-state index in [0.29, 0.717) is 18.8 Å². The van der Waals surface area contributed by atoms with Gasteiger partial charge in [-0.2, -0.15) is 0 Å². The first-order chi connectivity index (χ1) is 12.4. The van der Waals surface area contributed by atoms with E-state index in [-0.39, 0.29) is 23.6 Å². The van der Waals surface area contributed by atoms with Crippen LogP contribution in [0, 0.1) is 12.7 Å². The van der Waals surface area contributed by atoms with E-state index in [2.05, 4.69) is 11.9 Å². The molecule has 1 unspecified atom stereocenters. The predicted molar refractivity (Wildman–Crippen MR) is 100 cm³/mol. The van der Waals surface area contributed by atoms with Gasteiger partial charge in [0, 0.05) is 25.1 Å². The minimum Gasteiger partial charge on any atom is -0.489 e. The van der Waals surface area contributed by atoms with E-state index in [0.717, 1.165) is 30.0 Å². The van der Waals surface area contributed by atoms with Crippen LogP contribution < -0.4 is 9.64 Å². The molecule has 1 aromatic heterocycles. The van der Waals surface area contributed by atoms with Crippen LogP contribution in [0.4, 0.5) is 10.2 Å². The number of ketones is 1. The maximum atomic E-state index is 14.0. The molecule has 1 aromatic carbocycles. The zero-order chi connectivity index (χ0) is 18.7. The first kappa shape index (κ1) is 18.4. The first-order valence-electron chi connectivity index (χ1n) is 9.06. The van der Waals surface area contributed by atoms with E-state index in [4.69, 9.17) is 4.74 Å². The van der Waals surface area contributed by atoms with Gasteiger partial charge in [-0.25, -0.2) is 9.37 Å². The highest BCUT2D eigenvalue weighted by Crippen LogP contribution is 2.26. The zero-order valence-corrected chi connectivity index (χ0v) is 15.5. The molecule has 5 heteroatoms. The highest BCUT2D eigenvalue weighted by Gasteiger charge is 2.27. The van der Waals surface area contributed by atoms with Gasteiger partial charge in [0.1, 0.15) is 17.6 Å². The Morgan fingerprint density at radius 2 is 2.04 bits per heavy atom. The third-order valence-corrected chi connectivity index (χ3v) is 4.76. The van der Waals surface area contributed by atoms with Gasteiger partial charge in [0.25, 0.3) is 0 Å². The summed E-state index contributed by atoms with van der Waals surface area (Å²) in [6.07, 6.45) is 1.39. The van der Waals surface area contributed by atoms with Crippen molar-refractivity contribution in [2.75, 3.05) is 18.0 Å². The van der Waals surface area contributed by atoms with Gasteiger partial charge in [0.15, 0.2) is 11.6 Å². The number of anilines is 1. The molecule has 138 valence electrons. The molecule has 3 rings (SSSR count). The Bertz CT molecular complexity index is 776. The van der Waals surface area contributed by atoms with Crippen molar-refractivity contribution in [3.8, 4) is 5.75 Å². The summed E-state index contributed by atoms with van der Waals surface area (Å²) in [4.78, 5) is 17.5. The number of aromatic nitrogens is 1. The molecule has 0 spiro atoms. The van der Waals surface area contributed by atoms with Crippen molar-refractivity contribution in [1.82, 2.24) is 4.98 Å². The lowest BCUT2D eigenvalue weighted by atomic mass is 9.96. The molecule has 26 heavy (non-hydrogen) atoms. The van der Waals surface area contributed by atoms with Crippen LogP contribution in [0.15, 0.2) is 36.4 Å². The molecule has 1 aliphatic rings. The van der Waals surface area contributed by atoms with Gasteiger partial charge in [-0.1, -0.05) is 19.1 Å². The van der Waals surface area contributed by atoms with E-state index in [9.17, 15) is 9.18 Å². The van der Waals surface area contributed by atoms with Gasteiger partial charge in [0.05, 0.1) is 6.54 Å². The Morgan fingerprint density at radius 1 is 1.31 bits per heavy atom. The van der Waals surface area contributed by atoms with Crippen LogP contribution in [0.5, 0.6) is 5.75 Å². The summed E-state index contributed by atoms with van der Waals surface area (Å²) in [5.41, 5.74) is 1.94. The second kappa shape index (κ2) is 7.85. The fourth-order valence-corrected chi connectivity index (χ4v) is 3.38. The molecule has 0 aliphatic carbocycles. The molecule has 2 aromatic rings. The molecule has 0 radical (unpaired) electrons. The average Bonchev–Trinajstić information content (AvgIpc) is 3.05. The Morgan fingerprint density at radius 3 is 2.73 bits per heavy atom. The van der Waals surface area contributed by atoms with Crippen LogP contribution in [0.2, 0.25) is 0 Å².